The number of rotatable bonds is 23. The number of aliphatic hydroxyl groups is 2. The molecule has 0 radical (unpaired) electrons. The summed E-state index contributed by atoms with van der Waals surface area (Å²) in [7, 11) is 0. The minimum absolute atomic E-state index is 0.00711. The van der Waals surface area contributed by atoms with Crippen LogP contribution in [0.5, 0.6) is 11.5 Å². The van der Waals surface area contributed by atoms with Gasteiger partial charge in [0.25, 0.3) is 0 Å². The molecule has 386 valence electrons. The molecule has 2 aliphatic carbocycles. The van der Waals surface area contributed by atoms with Gasteiger partial charge in [-0.25, -0.2) is 9.59 Å². The first-order valence-electron chi connectivity index (χ1n) is 25.8. The first-order valence-corrected chi connectivity index (χ1v) is 25.8. The van der Waals surface area contributed by atoms with Gasteiger partial charge < -0.3 is 44.1 Å². The molecule has 0 bridgehead atoms. The van der Waals surface area contributed by atoms with Crippen LogP contribution < -0.4 is 14.8 Å². The second-order valence-corrected chi connectivity index (χ2v) is 20.1. The second-order valence-electron chi connectivity index (χ2n) is 20.1. The number of oxime groups is 1. The fourth-order valence-corrected chi connectivity index (χ4v) is 10.8. The number of nitrogens with zero attached hydrogens (tertiary/aromatic N) is 2. The highest BCUT2D eigenvalue weighted by molar-refractivity contribution is 6.03. The number of carbonyl (C=O) groups is 2. The molecule has 5 aromatic carbocycles. The molecule has 73 heavy (non-hydrogen) atoms. The topological polar surface area (TPSA) is 158 Å². The van der Waals surface area contributed by atoms with Crippen molar-refractivity contribution >= 4 is 28.7 Å². The Morgan fingerprint density at radius 1 is 0.863 bits per heavy atom. The van der Waals surface area contributed by atoms with E-state index in [0.29, 0.717) is 36.7 Å². The van der Waals surface area contributed by atoms with E-state index in [1.165, 1.54) is 0 Å². The Labute approximate surface area is 429 Å². The molecule has 5 aromatic rings. The van der Waals surface area contributed by atoms with Gasteiger partial charge in [-0.2, -0.15) is 0 Å². The Balaban J connectivity index is 1.27. The summed E-state index contributed by atoms with van der Waals surface area (Å²) in [6.07, 6.45) is 7.24. The number of benzene rings is 5. The molecule has 3 aliphatic rings. The maximum absolute atomic E-state index is 15.3. The van der Waals surface area contributed by atoms with Crippen LogP contribution in [0, 0.1) is 17.8 Å². The Kier molecular flexibility index (Phi) is 18.0. The maximum atomic E-state index is 15.3. The summed E-state index contributed by atoms with van der Waals surface area (Å²) in [5, 5.41) is 30.0. The summed E-state index contributed by atoms with van der Waals surface area (Å²) in [6.45, 7) is 11.1. The van der Waals surface area contributed by atoms with Crippen LogP contribution in [0.4, 0.5) is 9.59 Å². The first kappa shape index (κ1) is 52.8. The molecule has 1 heterocycles. The van der Waals surface area contributed by atoms with Crippen molar-refractivity contribution in [1.29, 1.82) is 0 Å². The standard InChI is InChI=1S/C60H71N3O10/c1-5-33-70-60-54(63(40-46-26-18-25-44-23-12-13-27-48(44)46)58(67)69-35-34-68-41-43-21-10-7-11-22-43)38-52(62-73-59(2,3)4)50-36-45(24-14-16-31-64)49(28-15-17-32-65)55(56(50)60)51-37-47(29-30-53(51)72-60)71-57(66)61-39-42-19-8-6-9-20-42/h5-13,18-23,25-27,29-30,36-37,45,49,54-56,64-65H,1,14-17,24,28,31-35,38-41H2,2-4H3,(H,61,66). The summed E-state index contributed by atoms with van der Waals surface area (Å²) in [5.41, 5.74) is 4.52. The van der Waals surface area contributed by atoms with E-state index < -0.39 is 35.5 Å². The third-order valence-corrected chi connectivity index (χ3v) is 14.0. The molecular formula is C60H71N3O10. The number of unbranched alkanes of at least 4 members (excludes halogenated alkanes) is 2. The molecule has 0 spiro atoms. The zero-order valence-electron chi connectivity index (χ0n) is 42.5. The van der Waals surface area contributed by atoms with Crippen LogP contribution in [0.25, 0.3) is 10.8 Å². The van der Waals surface area contributed by atoms with Crippen molar-refractivity contribution in [2.24, 2.45) is 22.9 Å². The van der Waals surface area contributed by atoms with Crippen molar-refractivity contribution in [2.75, 3.05) is 33.0 Å². The van der Waals surface area contributed by atoms with Gasteiger partial charge in [0.05, 0.1) is 38.0 Å². The lowest BCUT2D eigenvalue weighted by molar-refractivity contribution is -0.256. The number of aliphatic hydroxyl groups excluding tert-OH is 2. The molecule has 1 fully saturated rings. The van der Waals surface area contributed by atoms with Gasteiger partial charge in [0.2, 0.25) is 5.79 Å². The van der Waals surface area contributed by atoms with E-state index in [1.807, 2.05) is 118 Å². The van der Waals surface area contributed by atoms with Gasteiger partial charge in [-0.3, -0.25) is 4.90 Å². The van der Waals surface area contributed by atoms with Crippen LogP contribution in [-0.4, -0.2) is 83.5 Å². The molecule has 0 aromatic heterocycles. The van der Waals surface area contributed by atoms with Crippen LogP contribution in [0.15, 0.2) is 151 Å². The van der Waals surface area contributed by atoms with E-state index in [-0.39, 0.29) is 70.3 Å². The highest BCUT2D eigenvalue weighted by atomic mass is 16.7. The number of hydrogen-bond donors (Lipinski definition) is 3. The molecule has 6 unspecified atom stereocenters. The van der Waals surface area contributed by atoms with Gasteiger partial charge >= 0.3 is 12.2 Å². The average Bonchev–Trinajstić information content (AvgIpc) is 3.40. The zero-order valence-corrected chi connectivity index (χ0v) is 42.5. The first-order chi connectivity index (χ1) is 35.5. The second kappa shape index (κ2) is 24.9. The zero-order chi connectivity index (χ0) is 51.2. The lowest BCUT2D eigenvalue weighted by Crippen LogP contribution is -2.70. The highest BCUT2D eigenvalue weighted by Gasteiger charge is 2.66. The minimum atomic E-state index is -1.56. The third-order valence-electron chi connectivity index (χ3n) is 14.0. The largest absolute Gasteiger partial charge is 0.459 e. The molecule has 1 saturated carbocycles. The van der Waals surface area contributed by atoms with Crippen molar-refractivity contribution in [3.8, 4) is 11.5 Å². The van der Waals surface area contributed by atoms with Gasteiger partial charge in [0.15, 0.2) is 0 Å². The van der Waals surface area contributed by atoms with Crippen LogP contribution in [0.3, 0.4) is 0 Å². The Morgan fingerprint density at radius 3 is 2.32 bits per heavy atom. The Bertz CT molecular complexity index is 2680. The maximum Gasteiger partial charge on any atom is 0.412 e. The van der Waals surface area contributed by atoms with Gasteiger partial charge in [0, 0.05) is 37.7 Å². The van der Waals surface area contributed by atoms with E-state index in [1.54, 1.807) is 17.0 Å². The van der Waals surface area contributed by atoms with Crippen LogP contribution in [0.2, 0.25) is 0 Å². The molecular weight excluding hydrogens is 923 g/mol. The van der Waals surface area contributed by atoms with Crippen molar-refractivity contribution < 1.29 is 48.3 Å². The molecule has 0 saturated heterocycles. The molecule has 6 atom stereocenters. The average molecular weight is 994 g/mol. The fraction of sp³-hybridized carbons (Fsp3) is 0.417. The number of hydrogen-bond acceptors (Lipinski definition) is 11. The van der Waals surface area contributed by atoms with E-state index >= 15 is 4.79 Å². The highest BCUT2D eigenvalue weighted by Crippen LogP contribution is 2.62. The molecule has 1 aliphatic heterocycles. The van der Waals surface area contributed by atoms with Crippen LogP contribution in [0.1, 0.15) is 93.9 Å². The Hall–Kier alpha value is -6.51. The van der Waals surface area contributed by atoms with E-state index in [9.17, 15) is 15.0 Å². The van der Waals surface area contributed by atoms with Crippen molar-refractivity contribution in [2.45, 2.75) is 109 Å². The van der Waals surface area contributed by atoms with Crippen LogP contribution >= 0.6 is 0 Å². The van der Waals surface area contributed by atoms with Gasteiger partial charge in [-0.1, -0.05) is 133 Å². The van der Waals surface area contributed by atoms with Gasteiger partial charge in [-0.05, 0) is 110 Å². The lowest BCUT2D eigenvalue weighted by atomic mass is 9.55. The predicted molar refractivity (Wildman–Crippen MR) is 282 cm³/mol. The summed E-state index contributed by atoms with van der Waals surface area (Å²) in [5.74, 6) is -1.73. The minimum Gasteiger partial charge on any atom is -0.459 e. The van der Waals surface area contributed by atoms with Crippen molar-refractivity contribution in [1.82, 2.24) is 10.2 Å². The predicted octanol–water partition coefficient (Wildman–Crippen LogP) is 11.4. The van der Waals surface area contributed by atoms with Crippen molar-refractivity contribution in [3.63, 3.8) is 0 Å². The van der Waals surface area contributed by atoms with E-state index in [0.717, 1.165) is 64.3 Å². The van der Waals surface area contributed by atoms with Crippen molar-refractivity contribution in [3.05, 3.63) is 168 Å². The number of carbonyl (C=O) groups excluding carboxylic acids is 2. The number of nitrogens with one attached hydrogen (secondary N) is 1. The normalized spacial score (nSPS) is 21.5. The van der Waals surface area contributed by atoms with Crippen LogP contribution in [-0.2, 0) is 38.7 Å². The summed E-state index contributed by atoms with van der Waals surface area (Å²) < 4.78 is 33.0. The molecule has 8 rings (SSSR count). The fourth-order valence-electron chi connectivity index (χ4n) is 10.8. The molecule has 2 amide bonds. The number of allylic oxidation sites excluding steroid dienone is 1. The lowest BCUT2D eigenvalue weighted by Gasteiger charge is -2.60. The molecule has 3 N–H and O–H groups in total. The third kappa shape index (κ3) is 13.0. The number of amides is 2. The van der Waals surface area contributed by atoms with E-state index in [4.69, 9.17) is 33.7 Å². The molecule has 13 heteroatoms. The smallest absolute Gasteiger partial charge is 0.412 e. The number of fused-ring (bicyclic) bond motifs is 3. The number of ether oxygens (including phenoxy) is 5. The molecule has 13 nitrogen and oxygen atoms in total. The summed E-state index contributed by atoms with van der Waals surface area (Å²) in [4.78, 5) is 36.8. The van der Waals surface area contributed by atoms with Gasteiger partial charge in [0.1, 0.15) is 29.7 Å². The summed E-state index contributed by atoms with van der Waals surface area (Å²) in [6, 6.07) is 38.2. The quantitative estimate of drug-likeness (QED) is 0.0327. The van der Waals surface area contributed by atoms with E-state index in [2.05, 4.69) is 36.2 Å². The monoisotopic (exact) mass is 994 g/mol. The Morgan fingerprint density at radius 2 is 1.58 bits per heavy atom. The summed E-state index contributed by atoms with van der Waals surface area (Å²) >= 11 is 0. The van der Waals surface area contributed by atoms with Gasteiger partial charge in [-0.15, -0.1) is 6.58 Å². The SMILES string of the molecule is C=CCOC12Oc3ccc(OC(=O)NCc4ccccc4)cc3C3C(CCCCO)C(CCCCO)C=C(C(=NOC(C)(C)C)CC1N(Cc1cccc4ccccc14)C(=O)OCCOCc1ccccc1)C32.